The minimum absolute atomic E-state index is 0.222. The number of hydrogen-bond donors (Lipinski definition) is 1. The summed E-state index contributed by atoms with van der Waals surface area (Å²) in [5.74, 6) is 0.743. The zero-order valence-electron chi connectivity index (χ0n) is 12.5. The van der Waals surface area contributed by atoms with E-state index in [-0.39, 0.29) is 5.82 Å². The van der Waals surface area contributed by atoms with Crippen LogP contribution in [0.25, 0.3) is 11.0 Å². The summed E-state index contributed by atoms with van der Waals surface area (Å²) in [4.78, 5) is 11.9. The Morgan fingerprint density at radius 1 is 1.41 bits per heavy atom. The molecule has 3 heterocycles. The van der Waals surface area contributed by atoms with Crippen LogP contribution < -0.4 is 0 Å². The molecule has 0 radical (unpaired) electrons. The van der Waals surface area contributed by atoms with Gasteiger partial charge in [-0.15, -0.1) is 11.3 Å². The Balaban J connectivity index is 1.63. The van der Waals surface area contributed by atoms with Crippen molar-refractivity contribution in [2.24, 2.45) is 0 Å². The fourth-order valence-corrected chi connectivity index (χ4v) is 4.17. The van der Waals surface area contributed by atoms with Gasteiger partial charge in [0.15, 0.2) is 0 Å². The second kappa shape index (κ2) is 5.48. The first-order chi connectivity index (χ1) is 10.7. The van der Waals surface area contributed by atoms with Crippen molar-refractivity contribution in [2.75, 3.05) is 6.54 Å². The highest BCUT2D eigenvalue weighted by Gasteiger charge is 2.29. The summed E-state index contributed by atoms with van der Waals surface area (Å²) in [6, 6.07) is 7.21. The first kappa shape index (κ1) is 13.9. The predicted molar refractivity (Wildman–Crippen MR) is 87.5 cm³/mol. The van der Waals surface area contributed by atoms with Crippen molar-refractivity contribution in [3.8, 4) is 0 Å². The Hall–Kier alpha value is -1.72. The van der Waals surface area contributed by atoms with Gasteiger partial charge in [-0.05, 0) is 61.5 Å². The molecular formula is C17H18FN3S. The summed E-state index contributed by atoms with van der Waals surface area (Å²) in [6.45, 7) is 4.23. The van der Waals surface area contributed by atoms with Crippen molar-refractivity contribution in [3.05, 3.63) is 51.7 Å². The molecule has 3 aromatic rings. The standard InChI is InChI=1S/C17H18FN3S/c1-11-6-8-22-16(11)10-21-7-2-3-15(21)17-19-13-5-4-12(18)9-14(13)20-17/h4-6,8-9,15H,2-3,7,10H2,1H3,(H,19,20)/t15-/m0/s1. The molecule has 2 aromatic heterocycles. The topological polar surface area (TPSA) is 31.9 Å². The Kier molecular flexibility index (Phi) is 3.47. The van der Waals surface area contributed by atoms with Gasteiger partial charge in [0.1, 0.15) is 11.6 Å². The Bertz CT molecular complexity index is 807. The average molecular weight is 315 g/mol. The lowest BCUT2D eigenvalue weighted by molar-refractivity contribution is 0.243. The summed E-state index contributed by atoms with van der Waals surface area (Å²) < 4.78 is 13.3. The van der Waals surface area contributed by atoms with E-state index in [1.807, 2.05) is 11.3 Å². The molecule has 1 atom stereocenters. The van der Waals surface area contributed by atoms with Crippen molar-refractivity contribution in [1.29, 1.82) is 0 Å². The van der Waals surface area contributed by atoms with E-state index < -0.39 is 0 Å². The first-order valence-electron chi connectivity index (χ1n) is 7.63. The van der Waals surface area contributed by atoms with Crippen LogP contribution in [0, 0.1) is 12.7 Å². The van der Waals surface area contributed by atoms with Crippen molar-refractivity contribution in [3.63, 3.8) is 0 Å². The maximum absolute atomic E-state index is 13.3. The number of likely N-dealkylation sites (tertiary alicyclic amines) is 1. The summed E-state index contributed by atoms with van der Waals surface area (Å²) in [6.07, 6.45) is 2.28. The molecule has 114 valence electrons. The average Bonchev–Trinajstić information content (AvgIpc) is 3.19. The second-order valence-electron chi connectivity index (χ2n) is 5.94. The third kappa shape index (κ3) is 2.44. The van der Waals surface area contributed by atoms with Gasteiger partial charge in [0, 0.05) is 11.4 Å². The van der Waals surface area contributed by atoms with E-state index in [0.29, 0.717) is 6.04 Å². The van der Waals surface area contributed by atoms with Crippen LogP contribution >= 0.6 is 11.3 Å². The molecule has 0 aliphatic carbocycles. The van der Waals surface area contributed by atoms with Crippen LogP contribution in [0.5, 0.6) is 0 Å². The molecule has 0 saturated carbocycles. The quantitative estimate of drug-likeness (QED) is 0.776. The molecule has 1 fully saturated rings. The number of fused-ring (bicyclic) bond motifs is 1. The van der Waals surface area contributed by atoms with Gasteiger partial charge in [0.2, 0.25) is 0 Å². The molecule has 1 aliphatic heterocycles. The van der Waals surface area contributed by atoms with E-state index >= 15 is 0 Å². The zero-order valence-corrected chi connectivity index (χ0v) is 13.3. The fraction of sp³-hybridized carbons (Fsp3) is 0.353. The van der Waals surface area contributed by atoms with Crippen LogP contribution in [0.15, 0.2) is 29.6 Å². The number of H-pyrrole nitrogens is 1. The van der Waals surface area contributed by atoms with Gasteiger partial charge in [0.05, 0.1) is 17.1 Å². The molecule has 1 N–H and O–H groups in total. The van der Waals surface area contributed by atoms with Crippen LogP contribution in [-0.4, -0.2) is 21.4 Å². The molecule has 0 amide bonds. The van der Waals surface area contributed by atoms with E-state index in [9.17, 15) is 4.39 Å². The van der Waals surface area contributed by atoms with Crippen molar-refractivity contribution in [1.82, 2.24) is 14.9 Å². The Morgan fingerprint density at radius 2 is 2.32 bits per heavy atom. The molecule has 1 saturated heterocycles. The highest BCUT2D eigenvalue weighted by atomic mass is 32.1. The Labute approximate surface area is 132 Å². The summed E-state index contributed by atoms with van der Waals surface area (Å²) in [7, 11) is 0. The number of halogens is 1. The summed E-state index contributed by atoms with van der Waals surface area (Å²) in [5.41, 5.74) is 2.99. The highest BCUT2D eigenvalue weighted by Crippen LogP contribution is 2.34. The largest absolute Gasteiger partial charge is 0.341 e. The maximum Gasteiger partial charge on any atom is 0.125 e. The number of nitrogens with zero attached hydrogens (tertiary/aromatic N) is 2. The maximum atomic E-state index is 13.3. The molecule has 5 heteroatoms. The predicted octanol–water partition coefficient (Wildman–Crippen LogP) is 4.41. The number of benzene rings is 1. The first-order valence-corrected chi connectivity index (χ1v) is 8.51. The van der Waals surface area contributed by atoms with Crippen molar-refractivity contribution < 1.29 is 4.39 Å². The number of aromatic amines is 1. The smallest absolute Gasteiger partial charge is 0.125 e. The number of imidazole rings is 1. The molecule has 22 heavy (non-hydrogen) atoms. The molecule has 0 bridgehead atoms. The zero-order chi connectivity index (χ0) is 15.1. The number of hydrogen-bond acceptors (Lipinski definition) is 3. The number of aryl methyl sites for hydroxylation is 1. The number of rotatable bonds is 3. The monoisotopic (exact) mass is 315 g/mol. The minimum atomic E-state index is -0.222. The Morgan fingerprint density at radius 3 is 3.14 bits per heavy atom. The van der Waals surface area contributed by atoms with E-state index in [4.69, 9.17) is 0 Å². The lowest BCUT2D eigenvalue weighted by atomic mass is 10.2. The van der Waals surface area contributed by atoms with Crippen molar-refractivity contribution in [2.45, 2.75) is 32.4 Å². The molecule has 1 aliphatic rings. The lowest BCUT2D eigenvalue weighted by Crippen LogP contribution is -2.23. The van der Waals surface area contributed by atoms with Crippen LogP contribution in [0.3, 0.4) is 0 Å². The third-order valence-electron chi connectivity index (χ3n) is 4.46. The van der Waals surface area contributed by atoms with Gasteiger partial charge < -0.3 is 4.98 Å². The van der Waals surface area contributed by atoms with Crippen LogP contribution in [-0.2, 0) is 6.54 Å². The second-order valence-corrected chi connectivity index (χ2v) is 6.94. The van der Waals surface area contributed by atoms with Crippen LogP contribution in [0.4, 0.5) is 4.39 Å². The molecule has 3 nitrogen and oxygen atoms in total. The molecule has 0 unspecified atom stereocenters. The number of aromatic nitrogens is 2. The van der Waals surface area contributed by atoms with Crippen molar-refractivity contribution >= 4 is 22.4 Å². The molecular weight excluding hydrogens is 297 g/mol. The van der Waals surface area contributed by atoms with E-state index in [0.717, 1.165) is 36.4 Å². The molecule has 1 aromatic carbocycles. The lowest BCUT2D eigenvalue weighted by Gasteiger charge is -2.22. The third-order valence-corrected chi connectivity index (χ3v) is 5.46. The molecule has 4 rings (SSSR count). The van der Waals surface area contributed by atoms with Crippen LogP contribution in [0.2, 0.25) is 0 Å². The van der Waals surface area contributed by atoms with Gasteiger partial charge in [-0.25, -0.2) is 9.37 Å². The molecule has 0 spiro atoms. The van der Waals surface area contributed by atoms with E-state index in [1.165, 1.54) is 29.0 Å². The highest BCUT2D eigenvalue weighted by molar-refractivity contribution is 7.10. The van der Waals surface area contributed by atoms with Gasteiger partial charge in [-0.2, -0.15) is 0 Å². The van der Waals surface area contributed by atoms with E-state index in [1.54, 1.807) is 6.07 Å². The fourth-order valence-electron chi connectivity index (χ4n) is 3.23. The van der Waals surface area contributed by atoms with Gasteiger partial charge in [-0.1, -0.05) is 0 Å². The van der Waals surface area contributed by atoms with Gasteiger partial charge >= 0.3 is 0 Å². The summed E-state index contributed by atoms with van der Waals surface area (Å²) >= 11 is 1.82. The van der Waals surface area contributed by atoms with Crippen LogP contribution in [0.1, 0.15) is 35.1 Å². The van der Waals surface area contributed by atoms with E-state index in [2.05, 4.69) is 33.2 Å². The van der Waals surface area contributed by atoms with Gasteiger partial charge in [0.25, 0.3) is 0 Å². The normalized spacial score (nSPS) is 19.3. The number of nitrogens with one attached hydrogen (secondary N) is 1. The minimum Gasteiger partial charge on any atom is -0.341 e. The SMILES string of the molecule is Cc1ccsc1CN1CCC[C@H]1c1nc2ccc(F)cc2[nH]1. The number of thiophene rings is 1. The summed E-state index contributed by atoms with van der Waals surface area (Å²) in [5, 5.41) is 2.15. The van der Waals surface area contributed by atoms with Gasteiger partial charge in [-0.3, -0.25) is 4.90 Å².